The van der Waals surface area contributed by atoms with Crippen molar-refractivity contribution < 1.29 is 0 Å². The molecule has 0 aromatic carbocycles. The molecular weight excluding hydrogens is 220 g/mol. The van der Waals surface area contributed by atoms with E-state index in [-0.39, 0.29) is 0 Å². The normalized spacial score (nSPS) is 13.9. The highest BCUT2D eigenvalue weighted by atomic mass is 15.0. The Hall–Kier alpha value is -0.760. The van der Waals surface area contributed by atoms with Gasteiger partial charge in [0.1, 0.15) is 0 Å². The Morgan fingerprint density at radius 2 is 1.89 bits per heavy atom. The number of nitrogens with one attached hydrogen (secondary N) is 1. The van der Waals surface area contributed by atoms with E-state index in [1.165, 1.54) is 17.0 Å². The van der Waals surface area contributed by atoms with Crippen LogP contribution in [-0.4, -0.2) is 11.1 Å². The summed E-state index contributed by atoms with van der Waals surface area (Å²) in [5.41, 5.74) is 4.60. The SMILES string of the molecule is CCn1c(C)cc(CNCC(C)C(C)(C)C)c1C. The van der Waals surface area contributed by atoms with E-state index in [2.05, 4.69) is 64.4 Å². The molecule has 0 aliphatic carbocycles. The standard InChI is InChI=1S/C16H30N2/c1-8-18-13(3)9-15(14(18)4)11-17-10-12(2)16(5,6)7/h9,12,17H,8,10-11H2,1-7H3. The van der Waals surface area contributed by atoms with Gasteiger partial charge >= 0.3 is 0 Å². The van der Waals surface area contributed by atoms with Crippen molar-refractivity contribution in [1.82, 2.24) is 9.88 Å². The van der Waals surface area contributed by atoms with Crippen LogP contribution in [-0.2, 0) is 13.1 Å². The number of rotatable bonds is 5. The van der Waals surface area contributed by atoms with Gasteiger partial charge in [-0.25, -0.2) is 0 Å². The molecule has 18 heavy (non-hydrogen) atoms. The molecule has 0 saturated heterocycles. The number of aryl methyl sites for hydroxylation is 1. The minimum atomic E-state index is 0.382. The summed E-state index contributed by atoms with van der Waals surface area (Å²) in [5.74, 6) is 0.687. The Morgan fingerprint density at radius 1 is 1.28 bits per heavy atom. The van der Waals surface area contributed by atoms with Crippen LogP contribution in [0.2, 0.25) is 0 Å². The van der Waals surface area contributed by atoms with Crippen molar-refractivity contribution in [2.75, 3.05) is 6.54 Å². The van der Waals surface area contributed by atoms with E-state index >= 15 is 0 Å². The molecule has 0 radical (unpaired) electrons. The van der Waals surface area contributed by atoms with Gasteiger partial charge in [-0.05, 0) is 50.3 Å². The highest BCUT2D eigenvalue weighted by Crippen LogP contribution is 2.24. The van der Waals surface area contributed by atoms with Crippen molar-refractivity contribution in [3.05, 3.63) is 23.0 Å². The van der Waals surface area contributed by atoms with Crippen molar-refractivity contribution in [2.24, 2.45) is 11.3 Å². The molecular formula is C16H30N2. The van der Waals surface area contributed by atoms with Crippen LogP contribution in [0.4, 0.5) is 0 Å². The molecule has 1 heterocycles. The van der Waals surface area contributed by atoms with Crippen molar-refractivity contribution in [1.29, 1.82) is 0 Å². The summed E-state index contributed by atoms with van der Waals surface area (Å²) in [4.78, 5) is 0. The summed E-state index contributed by atoms with van der Waals surface area (Å²) in [6.45, 7) is 19.0. The Morgan fingerprint density at radius 3 is 2.33 bits per heavy atom. The maximum Gasteiger partial charge on any atom is 0.0223 e. The molecule has 104 valence electrons. The first-order chi connectivity index (χ1) is 8.27. The first-order valence-electron chi connectivity index (χ1n) is 7.13. The van der Waals surface area contributed by atoms with E-state index < -0.39 is 0 Å². The molecule has 0 amide bonds. The van der Waals surface area contributed by atoms with Gasteiger partial charge in [0.15, 0.2) is 0 Å². The Bertz CT molecular complexity index is 383. The van der Waals surface area contributed by atoms with Gasteiger partial charge in [-0.15, -0.1) is 0 Å². The summed E-state index contributed by atoms with van der Waals surface area (Å²) in [5, 5.41) is 3.60. The van der Waals surface area contributed by atoms with Gasteiger partial charge in [0.25, 0.3) is 0 Å². The maximum absolute atomic E-state index is 3.60. The number of nitrogens with zero attached hydrogens (tertiary/aromatic N) is 1. The summed E-state index contributed by atoms with van der Waals surface area (Å²) in [6.07, 6.45) is 0. The van der Waals surface area contributed by atoms with Crippen LogP contribution in [0, 0.1) is 25.2 Å². The van der Waals surface area contributed by atoms with E-state index in [1.807, 2.05) is 0 Å². The third-order valence-corrected chi connectivity index (χ3v) is 4.24. The number of hydrogen-bond acceptors (Lipinski definition) is 1. The topological polar surface area (TPSA) is 17.0 Å². The summed E-state index contributed by atoms with van der Waals surface area (Å²) in [6, 6.07) is 2.31. The average Bonchev–Trinajstić information content (AvgIpc) is 2.52. The van der Waals surface area contributed by atoms with Crippen LogP contribution in [0.15, 0.2) is 6.07 Å². The van der Waals surface area contributed by atoms with Crippen LogP contribution in [0.1, 0.15) is 51.6 Å². The fourth-order valence-electron chi connectivity index (χ4n) is 2.27. The summed E-state index contributed by atoms with van der Waals surface area (Å²) in [7, 11) is 0. The predicted molar refractivity (Wildman–Crippen MR) is 79.9 cm³/mol. The molecule has 0 aliphatic heterocycles. The first kappa shape index (κ1) is 15.3. The lowest BCUT2D eigenvalue weighted by Gasteiger charge is -2.27. The maximum atomic E-state index is 3.60. The van der Waals surface area contributed by atoms with Crippen molar-refractivity contribution >= 4 is 0 Å². The Labute approximate surface area is 113 Å². The summed E-state index contributed by atoms with van der Waals surface area (Å²) >= 11 is 0. The van der Waals surface area contributed by atoms with E-state index in [0.29, 0.717) is 11.3 Å². The molecule has 1 rings (SSSR count). The molecule has 1 atom stereocenters. The van der Waals surface area contributed by atoms with Crippen LogP contribution in [0.3, 0.4) is 0 Å². The lowest BCUT2D eigenvalue weighted by molar-refractivity contribution is 0.252. The third kappa shape index (κ3) is 3.61. The second-order valence-electron chi connectivity index (χ2n) is 6.54. The number of hydrogen-bond donors (Lipinski definition) is 1. The molecule has 0 spiro atoms. The Balaban J connectivity index is 2.55. The predicted octanol–water partition coefficient (Wildman–Crippen LogP) is 3.90. The third-order valence-electron chi connectivity index (χ3n) is 4.24. The molecule has 0 fully saturated rings. The molecule has 1 N–H and O–H groups in total. The molecule has 1 unspecified atom stereocenters. The van der Waals surface area contributed by atoms with Crippen molar-refractivity contribution in [2.45, 2.75) is 61.6 Å². The first-order valence-corrected chi connectivity index (χ1v) is 7.13. The highest BCUT2D eigenvalue weighted by Gasteiger charge is 2.19. The fourth-order valence-corrected chi connectivity index (χ4v) is 2.27. The highest BCUT2D eigenvalue weighted by molar-refractivity contribution is 5.26. The van der Waals surface area contributed by atoms with Crippen LogP contribution in [0.5, 0.6) is 0 Å². The molecule has 2 nitrogen and oxygen atoms in total. The fraction of sp³-hybridized carbons (Fsp3) is 0.750. The van der Waals surface area contributed by atoms with Crippen molar-refractivity contribution in [3.8, 4) is 0 Å². The molecule has 1 aromatic heterocycles. The number of aromatic nitrogens is 1. The Kier molecular flexibility index (Phi) is 5.03. The largest absolute Gasteiger partial charge is 0.349 e. The zero-order valence-corrected chi connectivity index (χ0v) is 13.2. The lowest BCUT2D eigenvalue weighted by atomic mass is 9.82. The zero-order chi connectivity index (χ0) is 13.9. The van der Waals surface area contributed by atoms with Crippen LogP contribution in [0.25, 0.3) is 0 Å². The van der Waals surface area contributed by atoms with Crippen LogP contribution >= 0.6 is 0 Å². The summed E-state index contributed by atoms with van der Waals surface area (Å²) < 4.78 is 2.38. The average molecular weight is 250 g/mol. The quantitative estimate of drug-likeness (QED) is 0.838. The van der Waals surface area contributed by atoms with Gasteiger partial charge < -0.3 is 9.88 Å². The minimum Gasteiger partial charge on any atom is -0.349 e. The zero-order valence-electron chi connectivity index (χ0n) is 13.2. The van der Waals surface area contributed by atoms with E-state index in [0.717, 1.165) is 19.6 Å². The van der Waals surface area contributed by atoms with Crippen LogP contribution < -0.4 is 5.32 Å². The molecule has 0 aliphatic rings. The molecule has 0 saturated carbocycles. The smallest absolute Gasteiger partial charge is 0.0223 e. The second-order valence-corrected chi connectivity index (χ2v) is 6.54. The molecule has 1 aromatic rings. The van der Waals surface area contributed by atoms with Gasteiger partial charge in [-0.1, -0.05) is 27.7 Å². The van der Waals surface area contributed by atoms with E-state index in [1.54, 1.807) is 0 Å². The van der Waals surface area contributed by atoms with Crippen molar-refractivity contribution in [3.63, 3.8) is 0 Å². The van der Waals surface area contributed by atoms with E-state index in [4.69, 9.17) is 0 Å². The minimum absolute atomic E-state index is 0.382. The van der Waals surface area contributed by atoms with Gasteiger partial charge in [-0.2, -0.15) is 0 Å². The van der Waals surface area contributed by atoms with Gasteiger partial charge in [0, 0.05) is 24.5 Å². The second kappa shape index (κ2) is 5.92. The monoisotopic (exact) mass is 250 g/mol. The lowest BCUT2D eigenvalue weighted by Crippen LogP contribution is -2.29. The molecule has 2 heteroatoms. The van der Waals surface area contributed by atoms with E-state index in [9.17, 15) is 0 Å². The van der Waals surface area contributed by atoms with Gasteiger partial charge in [-0.3, -0.25) is 0 Å². The molecule has 0 bridgehead atoms. The van der Waals surface area contributed by atoms with Gasteiger partial charge in [0.2, 0.25) is 0 Å². The van der Waals surface area contributed by atoms with Gasteiger partial charge in [0.05, 0.1) is 0 Å².